The molecular weight excluding hydrogens is 1000 g/mol. The minimum Gasteiger partial charge on any atom is -0.481 e. The van der Waals surface area contributed by atoms with Crippen LogP contribution in [-0.4, -0.2) is 172 Å². The summed E-state index contributed by atoms with van der Waals surface area (Å²) in [6.07, 6.45) is 0.592. The molecule has 2 heterocycles. The van der Waals surface area contributed by atoms with Crippen LogP contribution >= 0.6 is 23.5 Å². The highest BCUT2D eigenvalue weighted by Gasteiger charge is 2.42. The van der Waals surface area contributed by atoms with Crippen molar-refractivity contribution >= 4 is 101 Å². The fourth-order valence-corrected chi connectivity index (χ4v) is 9.61. The van der Waals surface area contributed by atoms with E-state index in [0.717, 1.165) is 5.75 Å². The maximum Gasteiger partial charge on any atom is 0.315 e. The van der Waals surface area contributed by atoms with Gasteiger partial charge in [0.25, 0.3) is 0 Å². The van der Waals surface area contributed by atoms with Crippen LogP contribution in [0.2, 0.25) is 0 Å². The van der Waals surface area contributed by atoms with Crippen LogP contribution < -0.4 is 76.9 Å². The number of hydrogen-bond acceptors (Lipinski definition) is 15. The Hall–Kier alpha value is -6.79. The average molecular weight is 1070 g/mol. The SMILES string of the molecule is CSCC[C@H](NC(=O)[C@H](CCC(=O)O)NC(=O)[C@H](CCC(=O)O)NC(=O)CCCC[C@H]1SC[C@H]2NC(=O)N[C@H]21)C(=O)N[C@@H](CCC(N)=O)C(=O)N[C@@H](CCCN=C(N)N)C(=O)N[C@@H](CCCN=C(N)N)C(N)=O. The number of nitrogens with zero attached hydrogens (tertiary/aromatic N) is 2. The third-order valence-electron chi connectivity index (χ3n) is 11.4. The summed E-state index contributed by atoms with van der Waals surface area (Å²) < 4.78 is 0. The van der Waals surface area contributed by atoms with Gasteiger partial charge in [0.2, 0.25) is 47.3 Å². The monoisotopic (exact) mass is 1070 g/mol. The Labute approximate surface area is 430 Å². The molecule has 0 saturated carbocycles. The van der Waals surface area contributed by atoms with Crippen molar-refractivity contribution in [2.75, 3.05) is 30.9 Å². The number of carboxylic acid groups (broad SMARTS) is 2. The highest BCUT2D eigenvalue weighted by atomic mass is 32.2. The largest absolute Gasteiger partial charge is 0.481 e. The lowest BCUT2D eigenvalue weighted by Crippen LogP contribution is -2.59. The second-order valence-electron chi connectivity index (χ2n) is 17.2. The molecule has 0 spiro atoms. The number of urea groups is 1. The van der Waals surface area contributed by atoms with Crippen molar-refractivity contribution in [1.82, 2.24) is 42.5 Å². The van der Waals surface area contributed by atoms with Crippen molar-refractivity contribution in [3.63, 3.8) is 0 Å². The predicted molar refractivity (Wildman–Crippen MR) is 270 cm³/mol. The third-order valence-corrected chi connectivity index (χ3v) is 13.6. The second kappa shape index (κ2) is 33.0. The number of rotatable bonds is 37. The molecule has 2 saturated heterocycles. The number of amides is 10. The van der Waals surface area contributed by atoms with Gasteiger partial charge in [-0.3, -0.25) is 57.9 Å². The fourth-order valence-electron chi connectivity index (χ4n) is 7.60. The van der Waals surface area contributed by atoms with Crippen molar-refractivity contribution in [2.45, 2.75) is 150 Å². The van der Waals surface area contributed by atoms with Gasteiger partial charge >= 0.3 is 18.0 Å². The van der Waals surface area contributed by atoms with E-state index in [4.69, 9.17) is 34.4 Å². The first-order valence-electron chi connectivity index (χ1n) is 23.6. The highest BCUT2D eigenvalue weighted by molar-refractivity contribution is 8.00. The van der Waals surface area contributed by atoms with Gasteiger partial charge < -0.3 is 87.1 Å². The molecule has 0 bridgehead atoms. The molecule has 410 valence electrons. The van der Waals surface area contributed by atoms with Gasteiger partial charge in [0, 0.05) is 49.8 Å². The van der Waals surface area contributed by atoms with E-state index in [9.17, 15) is 63.0 Å². The molecule has 2 fully saturated rings. The molecule has 2 rings (SSSR count). The van der Waals surface area contributed by atoms with E-state index in [2.05, 4.69) is 52.5 Å². The van der Waals surface area contributed by atoms with E-state index < -0.39 is 134 Å². The van der Waals surface area contributed by atoms with Gasteiger partial charge in [0.1, 0.15) is 36.3 Å². The standard InChI is InChI=1S/C42H72N16O13S2/c1-72-19-16-26(39(70)54-24(10-13-29(43)59)37(68)53-22(7-5-18-50-41(47)48)35(66)52-21(34(44)65)6-4-17-49-40(45)46)56-38(69)25(12-15-32(63)64)55-36(67)23(11-14-31(61)62)51-30(60)9-3-2-8-28-33-27(20-73-28)57-42(71)58-33/h21-28,33H,2-20H2,1H3,(H2,43,59)(H2,44,65)(H,51,60)(H,52,66)(H,53,68)(H,54,70)(H,55,67)(H,56,69)(H,61,62)(H,63,64)(H4,45,46,49)(H4,47,48,50)(H2,57,58,71)/t21-,22-,23-,24-,25-,26-,27+,28+,33+/m0/s1. The van der Waals surface area contributed by atoms with Gasteiger partial charge in [-0.15, -0.1) is 0 Å². The number of thioether (sulfide) groups is 2. The number of carbonyl (C=O) groups excluding carboxylic acids is 9. The lowest BCUT2D eigenvalue weighted by molar-refractivity contribution is -0.140. The Morgan fingerprint density at radius 2 is 1.03 bits per heavy atom. The lowest BCUT2D eigenvalue weighted by Gasteiger charge is -2.27. The van der Waals surface area contributed by atoms with E-state index in [-0.39, 0.29) is 92.7 Å². The maximum absolute atomic E-state index is 14.0. The molecule has 2 aliphatic rings. The second-order valence-corrected chi connectivity index (χ2v) is 19.5. The zero-order valence-corrected chi connectivity index (χ0v) is 42.3. The van der Waals surface area contributed by atoms with Gasteiger partial charge in [0.05, 0.1) is 12.1 Å². The number of nitrogens with two attached hydrogens (primary N) is 6. The minimum atomic E-state index is -1.64. The topological polar surface area (TPSA) is 505 Å². The molecule has 0 aromatic heterocycles. The Kier molecular flexibility index (Phi) is 28.2. The average Bonchev–Trinajstić information content (AvgIpc) is 3.87. The number of hydrogen-bond donors (Lipinski definition) is 16. The lowest BCUT2D eigenvalue weighted by atomic mass is 10.0. The number of fused-ring (bicyclic) bond motifs is 1. The molecule has 29 nitrogen and oxygen atoms in total. The molecule has 0 unspecified atom stereocenters. The zero-order valence-electron chi connectivity index (χ0n) is 40.7. The number of guanidine groups is 2. The first kappa shape index (κ1) is 62.3. The van der Waals surface area contributed by atoms with Crippen LogP contribution in [0.25, 0.3) is 0 Å². The number of carbonyl (C=O) groups is 11. The summed E-state index contributed by atoms with van der Waals surface area (Å²) in [5, 5.41) is 39.7. The van der Waals surface area contributed by atoms with Crippen LogP contribution in [0.15, 0.2) is 9.98 Å². The van der Waals surface area contributed by atoms with Gasteiger partial charge in [0.15, 0.2) is 11.9 Å². The maximum atomic E-state index is 14.0. The minimum absolute atomic E-state index is 0.0137. The van der Waals surface area contributed by atoms with Crippen molar-refractivity contribution < 1.29 is 63.0 Å². The summed E-state index contributed by atoms with van der Waals surface area (Å²) in [5.41, 5.74) is 32.5. The van der Waals surface area contributed by atoms with Crippen LogP contribution in [0.3, 0.4) is 0 Å². The Morgan fingerprint density at radius 1 is 0.589 bits per heavy atom. The predicted octanol–water partition coefficient (Wildman–Crippen LogP) is -5.04. The van der Waals surface area contributed by atoms with Crippen LogP contribution in [0.5, 0.6) is 0 Å². The molecule has 2 aliphatic heterocycles. The zero-order chi connectivity index (χ0) is 54.6. The van der Waals surface area contributed by atoms with Gasteiger partial charge in [-0.05, 0) is 76.2 Å². The van der Waals surface area contributed by atoms with Gasteiger partial charge in [-0.2, -0.15) is 23.5 Å². The normalized spacial score (nSPS) is 18.0. The molecule has 0 aliphatic carbocycles. The smallest absolute Gasteiger partial charge is 0.315 e. The summed E-state index contributed by atoms with van der Waals surface area (Å²) >= 11 is 2.98. The molecule has 0 aromatic carbocycles. The van der Waals surface area contributed by atoms with Crippen molar-refractivity contribution in [3.05, 3.63) is 0 Å². The number of aliphatic carboxylic acids is 2. The number of primary amides is 2. The van der Waals surface area contributed by atoms with Crippen molar-refractivity contribution in [2.24, 2.45) is 44.4 Å². The highest BCUT2D eigenvalue weighted by Crippen LogP contribution is 2.33. The molecule has 10 amide bonds. The van der Waals surface area contributed by atoms with Crippen molar-refractivity contribution in [1.29, 1.82) is 0 Å². The summed E-state index contributed by atoms with van der Waals surface area (Å²) in [4.78, 5) is 149. The molecule has 0 radical (unpaired) electrons. The summed E-state index contributed by atoms with van der Waals surface area (Å²) in [6.45, 7) is 0.130. The summed E-state index contributed by atoms with van der Waals surface area (Å²) in [7, 11) is 0. The van der Waals surface area contributed by atoms with E-state index in [1.54, 1.807) is 18.0 Å². The molecule has 9 atom stereocenters. The first-order chi connectivity index (χ1) is 34.5. The number of nitrogens with one attached hydrogen (secondary N) is 8. The summed E-state index contributed by atoms with van der Waals surface area (Å²) in [5.74, 6) is -9.29. The number of carboxylic acids is 2. The molecule has 22 N–H and O–H groups in total. The van der Waals surface area contributed by atoms with Crippen LogP contribution in [0.1, 0.15) is 96.3 Å². The number of aliphatic imine (C=N–C) groups is 2. The summed E-state index contributed by atoms with van der Waals surface area (Å²) in [6, 6.07) is -8.99. The van der Waals surface area contributed by atoms with E-state index in [1.807, 2.05) is 0 Å². The molecule has 31 heteroatoms. The van der Waals surface area contributed by atoms with Gasteiger partial charge in [-0.25, -0.2) is 4.79 Å². The van der Waals surface area contributed by atoms with E-state index in [0.29, 0.717) is 19.3 Å². The third kappa shape index (κ3) is 24.9. The van der Waals surface area contributed by atoms with Crippen molar-refractivity contribution in [3.8, 4) is 0 Å². The van der Waals surface area contributed by atoms with E-state index in [1.165, 1.54) is 11.8 Å². The van der Waals surface area contributed by atoms with Crippen LogP contribution in [-0.2, 0) is 47.9 Å². The van der Waals surface area contributed by atoms with Gasteiger partial charge in [-0.1, -0.05) is 6.42 Å². The Balaban J connectivity index is 2.28. The molecule has 0 aromatic rings. The Morgan fingerprint density at radius 3 is 1.48 bits per heavy atom. The van der Waals surface area contributed by atoms with Crippen LogP contribution in [0, 0.1) is 0 Å². The molecule has 73 heavy (non-hydrogen) atoms. The number of unbranched alkanes of at least 4 members (excludes halogenated alkanes) is 1. The molecular formula is C42H72N16O13S2. The van der Waals surface area contributed by atoms with E-state index >= 15 is 0 Å². The Bertz CT molecular complexity index is 2010. The fraction of sp³-hybridized carbons (Fsp3) is 0.690. The quantitative estimate of drug-likeness (QED) is 0.0120. The first-order valence-corrected chi connectivity index (χ1v) is 26.1. The van der Waals surface area contributed by atoms with Crippen LogP contribution in [0.4, 0.5) is 4.79 Å².